The van der Waals surface area contributed by atoms with Crippen molar-refractivity contribution in [2.24, 2.45) is 0 Å². The van der Waals surface area contributed by atoms with Crippen molar-refractivity contribution in [3.05, 3.63) is 100.0 Å². The van der Waals surface area contributed by atoms with Crippen LogP contribution in [0.1, 0.15) is 22.7 Å². The van der Waals surface area contributed by atoms with Crippen molar-refractivity contribution >= 4 is 45.9 Å². The Morgan fingerprint density at radius 3 is 2.61 bits per heavy atom. The number of fused-ring (bicyclic) bond motifs is 10. The van der Waals surface area contributed by atoms with E-state index >= 15 is 0 Å². The smallest absolute Gasteiger partial charge is 0.411 e. The molecule has 0 spiro atoms. The number of likely N-dealkylation sites (N-methyl/N-ethyl adjacent to an activating group) is 1. The Hall–Kier alpha value is -4.24. The second-order valence-electron chi connectivity index (χ2n) is 9.16. The molecule has 2 aliphatic rings. The lowest BCUT2D eigenvalue weighted by atomic mass is 10.0. The maximum absolute atomic E-state index is 13.9. The lowest BCUT2D eigenvalue weighted by Crippen LogP contribution is -2.35. The molecule has 1 aromatic heterocycles. The third-order valence-corrected chi connectivity index (χ3v) is 7.42. The van der Waals surface area contributed by atoms with E-state index < -0.39 is 12.1 Å². The van der Waals surface area contributed by atoms with E-state index in [9.17, 15) is 14.4 Å². The maximum atomic E-state index is 13.9. The molecule has 1 unspecified atom stereocenters. The number of nitrogens with zero attached hydrogens (tertiary/aromatic N) is 1. The molecule has 4 bridgehead atoms. The van der Waals surface area contributed by atoms with Gasteiger partial charge in [0.2, 0.25) is 5.91 Å². The van der Waals surface area contributed by atoms with Crippen molar-refractivity contribution in [3.63, 3.8) is 0 Å². The molecule has 0 aliphatic carbocycles. The summed E-state index contributed by atoms with van der Waals surface area (Å²) in [7, 11) is 1.76. The van der Waals surface area contributed by atoms with Crippen molar-refractivity contribution in [3.8, 4) is 0 Å². The molecule has 194 valence electrons. The van der Waals surface area contributed by atoms with Gasteiger partial charge in [-0.15, -0.1) is 11.8 Å². The molecule has 6 rings (SSSR count). The zero-order valence-electron chi connectivity index (χ0n) is 21.1. The molecule has 4 aromatic rings. The summed E-state index contributed by atoms with van der Waals surface area (Å²) in [6, 6.07) is 20.0. The predicted molar refractivity (Wildman–Crippen MR) is 151 cm³/mol. The molecule has 3 N–H and O–H groups in total. The van der Waals surface area contributed by atoms with Crippen LogP contribution in [0, 0.1) is 0 Å². The topological polar surface area (TPSA) is 104 Å². The van der Waals surface area contributed by atoms with Crippen LogP contribution in [0.4, 0.5) is 16.2 Å². The van der Waals surface area contributed by atoms with Crippen LogP contribution in [0.15, 0.2) is 82.6 Å². The van der Waals surface area contributed by atoms with Crippen molar-refractivity contribution in [2.75, 3.05) is 30.5 Å². The number of hydrogen-bond acceptors (Lipinski definition) is 6. The third kappa shape index (κ3) is 5.52. The lowest BCUT2D eigenvalue weighted by Gasteiger charge is -2.27. The Bertz CT molecular complexity index is 1550. The van der Waals surface area contributed by atoms with Gasteiger partial charge in [0.25, 0.3) is 5.56 Å². The second-order valence-corrected chi connectivity index (χ2v) is 10.0. The fourth-order valence-corrected chi connectivity index (χ4v) is 5.14. The fraction of sp³-hybridized carbons (Fsp3) is 0.207. The molecule has 8 nitrogen and oxygen atoms in total. The molecular weight excluding hydrogens is 500 g/mol. The molecule has 3 aromatic carbocycles. The minimum absolute atomic E-state index is 0.128. The van der Waals surface area contributed by atoms with Crippen LogP contribution in [0.3, 0.4) is 0 Å². The van der Waals surface area contributed by atoms with Crippen molar-refractivity contribution in [2.45, 2.75) is 23.9 Å². The summed E-state index contributed by atoms with van der Waals surface area (Å²) in [5, 5.41) is 7.52. The molecule has 38 heavy (non-hydrogen) atoms. The summed E-state index contributed by atoms with van der Waals surface area (Å²) < 4.78 is 5.37. The molecule has 1 atom stereocenters. The van der Waals surface area contributed by atoms with Gasteiger partial charge in [-0.1, -0.05) is 30.3 Å². The third-order valence-electron chi connectivity index (χ3n) is 6.58. The monoisotopic (exact) mass is 528 g/mol. The van der Waals surface area contributed by atoms with E-state index in [1.807, 2.05) is 66.9 Å². The second kappa shape index (κ2) is 11.0. The predicted octanol–water partition coefficient (Wildman–Crippen LogP) is 5.17. The molecule has 3 heterocycles. The number of nitrogens with one attached hydrogen (secondary N) is 3. The van der Waals surface area contributed by atoms with E-state index in [1.165, 1.54) is 0 Å². The number of aromatic nitrogens is 1. The number of carbonyl (C=O) groups is 2. The molecule has 9 heteroatoms. The highest BCUT2D eigenvalue weighted by atomic mass is 32.2. The lowest BCUT2D eigenvalue weighted by molar-refractivity contribution is -0.131. The molecule has 0 saturated heterocycles. The number of hydrogen-bond donors (Lipinski definition) is 3. The van der Waals surface area contributed by atoms with E-state index in [1.54, 1.807) is 36.0 Å². The zero-order chi connectivity index (χ0) is 26.6. The summed E-state index contributed by atoms with van der Waals surface area (Å²) in [5.74, 6) is -0.128. The number of thioether (sulfide) groups is 1. The Morgan fingerprint density at radius 1 is 1.00 bits per heavy atom. The average Bonchev–Trinajstić information content (AvgIpc) is 2.92. The number of pyridine rings is 1. The SMILES string of the molecule is CSc1ccc2cc1CN(C)C(=O)C(Nc1ccc3cc[nH]c(=O)c3c1)c1ccc(cc1)CCOC(=O)N2. The number of H-pyrrole nitrogens is 1. The molecule has 0 radical (unpaired) electrons. The van der Waals surface area contributed by atoms with Gasteiger partial charge >= 0.3 is 6.09 Å². The number of aromatic amines is 1. The number of ether oxygens (including phenoxy) is 1. The van der Waals surface area contributed by atoms with Gasteiger partial charge in [-0.05, 0) is 64.7 Å². The first-order valence-corrected chi connectivity index (χ1v) is 13.5. The Morgan fingerprint density at radius 2 is 1.82 bits per heavy atom. The number of amides is 2. The largest absolute Gasteiger partial charge is 0.449 e. The minimum atomic E-state index is -0.681. The van der Waals surface area contributed by atoms with Crippen LogP contribution in [0.25, 0.3) is 10.8 Å². The first-order chi connectivity index (χ1) is 18.4. The van der Waals surface area contributed by atoms with Gasteiger partial charge < -0.3 is 19.9 Å². The summed E-state index contributed by atoms with van der Waals surface area (Å²) in [4.78, 5) is 44.0. The summed E-state index contributed by atoms with van der Waals surface area (Å²) in [6.45, 7) is 0.573. The van der Waals surface area contributed by atoms with Gasteiger partial charge in [0.05, 0.1) is 6.61 Å². The summed E-state index contributed by atoms with van der Waals surface area (Å²) in [5.41, 5.74) is 3.77. The number of rotatable bonds is 3. The van der Waals surface area contributed by atoms with Gasteiger partial charge in [0.15, 0.2) is 0 Å². The van der Waals surface area contributed by atoms with Crippen molar-refractivity contribution in [1.29, 1.82) is 0 Å². The Kier molecular flexibility index (Phi) is 7.37. The highest BCUT2D eigenvalue weighted by molar-refractivity contribution is 7.98. The zero-order valence-corrected chi connectivity index (χ0v) is 21.9. The maximum Gasteiger partial charge on any atom is 0.411 e. The Labute approximate surface area is 224 Å². The average molecular weight is 529 g/mol. The normalized spacial score (nSPS) is 16.3. The van der Waals surface area contributed by atoms with Crippen LogP contribution in [-0.2, 0) is 22.5 Å². The molecular formula is C29H28N4O4S. The first-order valence-electron chi connectivity index (χ1n) is 12.2. The highest BCUT2D eigenvalue weighted by Gasteiger charge is 2.25. The van der Waals surface area contributed by atoms with Crippen LogP contribution in [0.5, 0.6) is 0 Å². The van der Waals surface area contributed by atoms with Crippen LogP contribution < -0.4 is 16.2 Å². The minimum Gasteiger partial charge on any atom is -0.449 e. The van der Waals surface area contributed by atoms with Gasteiger partial charge in [0, 0.05) is 47.9 Å². The summed E-state index contributed by atoms with van der Waals surface area (Å²) in [6.07, 6.45) is 3.62. The quantitative estimate of drug-likeness (QED) is 0.317. The molecule has 0 saturated carbocycles. The standard InChI is InChI=1S/C29H28N4O4S/c1-33-17-21-15-22(9-10-25(21)38-2)32-29(36)37-14-12-18-3-5-20(6-4-18)26(28(33)35)31-23-8-7-19-11-13-30-27(34)24(19)16-23/h3-11,13,15-16,26,31H,12,14,17H2,1-2H3,(H,30,34)(H,32,36). The van der Waals surface area contributed by atoms with E-state index in [4.69, 9.17) is 4.74 Å². The van der Waals surface area contributed by atoms with Crippen LogP contribution >= 0.6 is 11.8 Å². The van der Waals surface area contributed by atoms with Crippen molar-refractivity contribution < 1.29 is 14.3 Å². The van der Waals surface area contributed by atoms with Gasteiger partial charge in [-0.2, -0.15) is 0 Å². The van der Waals surface area contributed by atoms with E-state index in [0.717, 1.165) is 27.0 Å². The van der Waals surface area contributed by atoms with Gasteiger partial charge in [0.1, 0.15) is 6.04 Å². The molecule has 0 fully saturated rings. The van der Waals surface area contributed by atoms with Gasteiger partial charge in [-0.3, -0.25) is 14.9 Å². The van der Waals surface area contributed by atoms with E-state index in [2.05, 4.69) is 15.6 Å². The highest BCUT2D eigenvalue weighted by Crippen LogP contribution is 2.28. The fourth-order valence-electron chi connectivity index (χ4n) is 4.55. The van der Waals surface area contributed by atoms with E-state index in [-0.39, 0.29) is 18.1 Å². The van der Waals surface area contributed by atoms with Gasteiger partial charge in [-0.25, -0.2) is 4.79 Å². The molecule has 2 aliphatic heterocycles. The Balaban J connectivity index is 1.53. The number of anilines is 2. The van der Waals surface area contributed by atoms with Crippen LogP contribution in [0.2, 0.25) is 0 Å². The summed E-state index contributed by atoms with van der Waals surface area (Å²) >= 11 is 1.57. The molecule has 2 amide bonds. The van der Waals surface area contributed by atoms with Crippen molar-refractivity contribution in [1.82, 2.24) is 9.88 Å². The number of benzene rings is 3. The van der Waals surface area contributed by atoms with E-state index in [0.29, 0.717) is 29.7 Å². The van der Waals surface area contributed by atoms with Crippen LogP contribution in [-0.4, -0.2) is 41.8 Å². The number of carbonyl (C=O) groups excluding carboxylic acids is 2. The first kappa shape index (κ1) is 25.4.